The van der Waals surface area contributed by atoms with Crippen molar-refractivity contribution in [2.75, 3.05) is 6.61 Å². The maximum atomic E-state index is 11.6. The quantitative estimate of drug-likeness (QED) is 0.562. The highest BCUT2D eigenvalue weighted by Gasteiger charge is 2.38. The molecule has 1 saturated carbocycles. The lowest BCUT2D eigenvalue weighted by Crippen LogP contribution is -2.07. The highest BCUT2D eigenvalue weighted by molar-refractivity contribution is 5.95. The third-order valence-corrected chi connectivity index (χ3v) is 5.49. The second-order valence-corrected chi connectivity index (χ2v) is 7.63. The lowest BCUT2D eigenvalue weighted by atomic mass is 9.96. The number of hydrogen-bond donors (Lipinski definition) is 2. The van der Waals surface area contributed by atoms with Crippen LogP contribution in [0.2, 0.25) is 0 Å². The van der Waals surface area contributed by atoms with Crippen LogP contribution in [-0.4, -0.2) is 28.8 Å². The fourth-order valence-electron chi connectivity index (χ4n) is 3.78. The van der Waals surface area contributed by atoms with Gasteiger partial charge in [-0.2, -0.15) is 0 Å². The van der Waals surface area contributed by atoms with Crippen LogP contribution in [0.3, 0.4) is 0 Å². The van der Waals surface area contributed by atoms with Crippen LogP contribution in [0.15, 0.2) is 72.8 Å². The average Bonchev–Trinajstić information content (AvgIpc) is 3.53. The van der Waals surface area contributed by atoms with Crippen LogP contribution in [0.5, 0.6) is 5.75 Å². The molecular formula is C25H22O5. The molecule has 3 aromatic rings. The number of carbonyl (C=O) groups is 2. The van der Waals surface area contributed by atoms with Gasteiger partial charge in [0.2, 0.25) is 0 Å². The largest absolute Gasteiger partial charge is 0.493 e. The maximum absolute atomic E-state index is 11.6. The van der Waals surface area contributed by atoms with Crippen molar-refractivity contribution >= 4 is 11.9 Å². The number of benzene rings is 3. The first-order valence-corrected chi connectivity index (χ1v) is 9.87. The summed E-state index contributed by atoms with van der Waals surface area (Å²) in [7, 11) is 0. The monoisotopic (exact) mass is 402 g/mol. The molecule has 0 spiro atoms. The van der Waals surface area contributed by atoms with E-state index in [1.54, 1.807) is 6.07 Å². The number of carboxylic acids is 2. The normalized spacial score (nSPS) is 17.3. The second-order valence-electron chi connectivity index (χ2n) is 7.63. The molecule has 0 radical (unpaired) electrons. The molecule has 152 valence electrons. The van der Waals surface area contributed by atoms with E-state index in [4.69, 9.17) is 9.84 Å². The lowest BCUT2D eigenvalue weighted by molar-refractivity contribution is 0.0695. The van der Waals surface area contributed by atoms with Gasteiger partial charge < -0.3 is 14.9 Å². The van der Waals surface area contributed by atoms with Gasteiger partial charge in [0.1, 0.15) is 5.75 Å². The number of ether oxygens (including phenoxy) is 1. The summed E-state index contributed by atoms with van der Waals surface area (Å²) in [6.45, 7) is 0.679. The Bertz CT molecular complexity index is 1070. The van der Waals surface area contributed by atoms with Crippen LogP contribution < -0.4 is 4.74 Å². The minimum atomic E-state index is -1.14. The molecule has 0 aromatic heterocycles. The maximum Gasteiger partial charge on any atom is 0.336 e. The first kappa shape index (κ1) is 19.7. The zero-order valence-electron chi connectivity index (χ0n) is 16.3. The summed E-state index contributed by atoms with van der Waals surface area (Å²) < 4.78 is 5.87. The van der Waals surface area contributed by atoms with Crippen molar-refractivity contribution in [3.8, 4) is 5.75 Å². The van der Waals surface area contributed by atoms with Crippen LogP contribution in [-0.2, 0) is 6.42 Å². The van der Waals surface area contributed by atoms with Crippen LogP contribution in [0, 0.1) is 5.92 Å². The van der Waals surface area contributed by atoms with Crippen molar-refractivity contribution in [3.05, 3.63) is 101 Å². The Kier molecular flexibility index (Phi) is 5.53. The lowest BCUT2D eigenvalue weighted by Gasteiger charge is -2.10. The predicted molar refractivity (Wildman–Crippen MR) is 112 cm³/mol. The molecule has 3 aromatic carbocycles. The fraction of sp³-hybridized carbons (Fsp3) is 0.200. The molecule has 1 aliphatic rings. The predicted octanol–water partition coefficient (Wildman–Crippen LogP) is 4.86. The Morgan fingerprint density at radius 3 is 2.43 bits per heavy atom. The highest BCUT2D eigenvalue weighted by Crippen LogP contribution is 2.47. The molecule has 2 N–H and O–H groups in total. The molecule has 1 fully saturated rings. The number of para-hydroxylation sites is 1. The molecule has 2 atom stereocenters. The van der Waals surface area contributed by atoms with Crippen LogP contribution >= 0.6 is 0 Å². The van der Waals surface area contributed by atoms with Crippen molar-refractivity contribution < 1.29 is 24.5 Å². The summed E-state index contributed by atoms with van der Waals surface area (Å²) in [6.07, 6.45) is 1.51. The zero-order chi connectivity index (χ0) is 21.1. The molecule has 0 amide bonds. The molecule has 5 heteroatoms. The van der Waals surface area contributed by atoms with E-state index >= 15 is 0 Å². The van der Waals surface area contributed by atoms with Gasteiger partial charge in [0.15, 0.2) is 0 Å². The molecule has 2 unspecified atom stereocenters. The standard InChI is InChI=1S/C25H22O5/c26-24(27)19-10-9-18(23(13-19)25(28)29)12-16-5-4-6-17(11-16)22-14-20(22)15-30-21-7-2-1-3-8-21/h1-11,13,20,22H,12,14-15H2,(H,26,27)(H,28,29). The van der Waals surface area contributed by atoms with E-state index in [1.165, 1.54) is 17.7 Å². The van der Waals surface area contributed by atoms with Gasteiger partial charge in [-0.15, -0.1) is 0 Å². The van der Waals surface area contributed by atoms with Gasteiger partial charge >= 0.3 is 11.9 Å². The molecule has 1 aliphatic carbocycles. The minimum absolute atomic E-state index is 0.0239. The van der Waals surface area contributed by atoms with Crippen LogP contribution in [0.4, 0.5) is 0 Å². The SMILES string of the molecule is O=C(O)c1ccc(Cc2cccc(C3CC3COc3ccccc3)c2)c(C(=O)O)c1. The summed E-state index contributed by atoms with van der Waals surface area (Å²) in [5.41, 5.74) is 2.84. The van der Waals surface area contributed by atoms with Gasteiger partial charge in [0.25, 0.3) is 0 Å². The van der Waals surface area contributed by atoms with Gasteiger partial charge in [-0.05, 0) is 59.7 Å². The van der Waals surface area contributed by atoms with E-state index in [-0.39, 0.29) is 11.1 Å². The Balaban J connectivity index is 1.44. The highest BCUT2D eigenvalue weighted by atomic mass is 16.5. The molecular weight excluding hydrogens is 380 g/mol. The number of aromatic carboxylic acids is 2. The topological polar surface area (TPSA) is 83.8 Å². The smallest absolute Gasteiger partial charge is 0.336 e. The third-order valence-electron chi connectivity index (χ3n) is 5.49. The van der Waals surface area contributed by atoms with Gasteiger partial charge in [-0.25, -0.2) is 9.59 Å². The van der Waals surface area contributed by atoms with Gasteiger partial charge in [-0.1, -0.05) is 48.5 Å². The minimum Gasteiger partial charge on any atom is -0.493 e. The molecule has 0 aliphatic heterocycles. The first-order chi connectivity index (χ1) is 14.5. The van der Waals surface area contributed by atoms with E-state index in [0.29, 0.717) is 30.4 Å². The summed E-state index contributed by atoms with van der Waals surface area (Å²) in [6, 6.07) is 22.2. The van der Waals surface area contributed by atoms with E-state index in [0.717, 1.165) is 17.7 Å². The van der Waals surface area contributed by atoms with Gasteiger partial charge in [0, 0.05) is 5.92 Å². The molecule has 0 saturated heterocycles. The van der Waals surface area contributed by atoms with Crippen molar-refractivity contribution in [1.82, 2.24) is 0 Å². The van der Waals surface area contributed by atoms with E-state index in [2.05, 4.69) is 12.1 Å². The van der Waals surface area contributed by atoms with Crippen molar-refractivity contribution in [2.45, 2.75) is 18.8 Å². The van der Waals surface area contributed by atoms with E-state index in [1.807, 2.05) is 42.5 Å². The van der Waals surface area contributed by atoms with Crippen molar-refractivity contribution in [3.63, 3.8) is 0 Å². The fourth-order valence-corrected chi connectivity index (χ4v) is 3.78. The summed E-state index contributed by atoms with van der Waals surface area (Å²) in [5, 5.41) is 18.6. The van der Waals surface area contributed by atoms with Crippen LogP contribution in [0.1, 0.15) is 49.7 Å². The van der Waals surface area contributed by atoms with Crippen molar-refractivity contribution in [2.24, 2.45) is 5.92 Å². The third kappa shape index (κ3) is 4.51. The zero-order valence-corrected chi connectivity index (χ0v) is 16.3. The Labute approximate surface area is 174 Å². The number of rotatable bonds is 8. The van der Waals surface area contributed by atoms with E-state index in [9.17, 15) is 14.7 Å². The van der Waals surface area contributed by atoms with Crippen LogP contribution in [0.25, 0.3) is 0 Å². The Morgan fingerprint density at radius 2 is 1.70 bits per heavy atom. The van der Waals surface area contributed by atoms with E-state index < -0.39 is 11.9 Å². The summed E-state index contributed by atoms with van der Waals surface area (Å²) in [5.74, 6) is -0.456. The van der Waals surface area contributed by atoms with Gasteiger partial charge in [-0.3, -0.25) is 0 Å². The van der Waals surface area contributed by atoms with Crippen molar-refractivity contribution in [1.29, 1.82) is 0 Å². The Morgan fingerprint density at radius 1 is 0.900 bits per heavy atom. The van der Waals surface area contributed by atoms with Gasteiger partial charge in [0.05, 0.1) is 17.7 Å². The molecule has 30 heavy (non-hydrogen) atoms. The molecule has 4 rings (SSSR count). The number of carboxylic acid groups (broad SMARTS) is 2. The summed E-state index contributed by atoms with van der Waals surface area (Å²) in [4.78, 5) is 22.7. The first-order valence-electron chi connectivity index (χ1n) is 9.87. The molecule has 0 heterocycles. The average molecular weight is 402 g/mol. The summed E-state index contributed by atoms with van der Waals surface area (Å²) >= 11 is 0. The molecule has 5 nitrogen and oxygen atoms in total. The second kappa shape index (κ2) is 8.41. The Hall–Kier alpha value is -3.60. The number of hydrogen-bond acceptors (Lipinski definition) is 3. The molecule has 0 bridgehead atoms.